The molecule has 0 aliphatic carbocycles. The fraction of sp³-hybridized carbons (Fsp3) is 0.536. The smallest absolute Gasteiger partial charge is 0.248 e. The molecule has 3 aliphatic rings. The minimum Gasteiger partial charge on any atom is -0.395 e. The van der Waals surface area contributed by atoms with E-state index in [1.165, 1.54) is 4.90 Å². The molecule has 3 aliphatic heterocycles. The average Bonchev–Trinajstić information content (AvgIpc) is 3.53. The second kappa shape index (κ2) is 11.0. The number of amides is 3. The quantitative estimate of drug-likeness (QED) is 0.450. The maximum Gasteiger partial charge on any atom is 0.248 e. The zero-order valence-electron chi connectivity index (χ0n) is 21.1. The molecule has 5 atom stereocenters. The van der Waals surface area contributed by atoms with Gasteiger partial charge in [0, 0.05) is 31.9 Å². The molecule has 2 bridgehead atoms. The number of carbonyl (C=O) groups excluding carboxylic acids is 3. The van der Waals surface area contributed by atoms with Crippen molar-refractivity contribution in [3.05, 3.63) is 55.6 Å². The van der Waals surface area contributed by atoms with Crippen LogP contribution in [0.15, 0.2) is 55.6 Å². The molecule has 8 nitrogen and oxygen atoms in total. The van der Waals surface area contributed by atoms with Gasteiger partial charge >= 0.3 is 0 Å². The van der Waals surface area contributed by atoms with Crippen LogP contribution in [0.3, 0.4) is 0 Å². The minimum absolute atomic E-state index is 0.0210. The van der Waals surface area contributed by atoms with E-state index >= 15 is 0 Å². The fourth-order valence-electron chi connectivity index (χ4n) is 6.27. The van der Waals surface area contributed by atoms with E-state index in [0.29, 0.717) is 32.5 Å². The average molecular weight is 496 g/mol. The minimum atomic E-state index is -1.07. The number of para-hydroxylation sites is 1. The number of unbranched alkanes of at least 4 members (excludes halogenated alkanes) is 1. The number of aliphatic hydroxyl groups is 1. The maximum absolute atomic E-state index is 14.0. The lowest BCUT2D eigenvalue weighted by Crippen LogP contribution is -2.56. The SMILES string of the molecule is C=CCN(CCCC)C(=O)C1N(CCO)C(=O)[C@@H]2[C@@H](C(=O)N(CC=C)c3ccccc3)[C@H]3CCC12O3. The van der Waals surface area contributed by atoms with E-state index in [4.69, 9.17) is 4.74 Å². The number of benzene rings is 1. The van der Waals surface area contributed by atoms with E-state index < -0.39 is 29.6 Å². The van der Waals surface area contributed by atoms with Crippen LogP contribution in [-0.4, -0.2) is 83.2 Å². The van der Waals surface area contributed by atoms with E-state index in [1.54, 1.807) is 22.0 Å². The number of β-amino-alcohol motifs (C(OH)–C–C–N with tert-alkyl or cyclic N) is 1. The van der Waals surface area contributed by atoms with E-state index in [0.717, 1.165) is 18.5 Å². The number of ether oxygens (including phenoxy) is 1. The summed E-state index contributed by atoms with van der Waals surface area (Å²) in [5.74, 6) is -2.15. The van der Waals surface area contributed by atoms with E-state index in [9.17, 15) is 19.5 Å². The van der Waals surface area contributed by atoms with E-state index in [-0.39, 0.29) is 30.9 Å². The molecule has 0 saturated carbocycles. The van der Waals surface area contributed by atoms with Gasteiger partial charge in [-0.2, -0.15) is 0 Å². The van der Waals surface area contributed by atoms with Crippen molar-refractivity contribution in [2.45, 2.75) is 50.4 Å². The molecule has 0 aromatic heterocycles. The Bertz CT molecular complexity index is 998. The molecule has 3 fully saturated rings. The third kappa shape index (κ3) is 4.26. The third-order valence-corrected chi connectivity index (χ3v) is 7.75. The molecule has 1 N–H and O–H groups in total. The number of hydrogen-bond donors (Lipinski definition) is 1. The summed E-state index contributed by atoms with van der Waals surface area (Å²) in [5, 5.41) is 9.78. The number of aliphatic hydroxyl groups excluding tert-OH is 1. The molecule has 3 heterocycles. The second-order valence-electron chi connectivity index (χ2n) is 9.81. The van der Waals surface area contributed by atoms with Crippen molar-refractivity contribution in [2.24, 2.45) is 11.8 Å². The molecule has 4 rings (SSSR count). The Balaban J connectivity index is 1.71. The monoisotopic (exact) mass is 495 g/mol. The summed E-state index contributed by atoms with van der Waals surface area (Å²) in [6.45, 7) is 10.6. The Labute approximate surface area is 213 Å². The molecule has 0 radical (unpaired) electrons. The molecule has 8 heteroatoms. The Kier molecular flexibility index (Phi) is 7.95. The highest BCUT2D eigenvalue weighted by atomic mass is 16.5. The summed E-state index contributed by atoms with van der Waals surface area (Å²) in [6.07, 6.45) is 5.79. The maximum atomic E-state index is 14.0. The van der Waals surface area contributed by atoms with Gasteiger partial charge in [-0.3, -0.25) is 14.4 Å². The molecule has 36 heavy (non-hydrogen) atoms. The lowest BCUT2D eigenvalue weighted by molar-refractivity contribution is -0.148. The number of anilines is 1. The highest BCUT2D eigenvalue weighted by molar-refractivity contribution is 6.03. The number of likely N-dealkylation sites (tertiary alicyclic amines) is 1. The Hall–Kier alpha value is -2.97. The van der Waals surface area contributed by atoms with Gasteiger partial charge in [0.25, 0.3) is 0 Å². The van der Waals surface area contributed by atoms with Gasteiger partial charge in [0.2, 0.25) is 17.7 Å². The first-order valence-corrected chi connectivity index (χ1v) is 12.9. The summed E-state index contributed by atoms with van der Waals surface area (Å²) in [7, 11) is 0. The standard InChI is InChI=1S/C28H37N3O5/c1-4-7-17-29(15-5-2)27(35)24-28-14-13-21(36-28)22(23(28)26(34)31(24)18-19-32)25(33)30(16-6-3)20-11-9-8-10-12-20/h5-6,8-12,21-24,32H,2-4,7,13-19H2,1H3/t21-,22+,23+,24?,28?/m1/s1. The van der Waals surface area contributed by atoms with Gasteiger partial charge in [-0.05, 0) is 31.4 Å². The number of carbonyl (C=O) groups is 3. The first-order valence-electron chi connectivity index (χ1n) is 12.9. The Morgan fingerprint density at radius 2 is 1.92 bits per heavy atom. The number of fused-ring (bicyclic) bond motifs is 1. The summed E-state index contributed by atoms with van der Waals surface area (Å²) >= 11 is 0. The van der Waals surface area contributed by atoms with Crippen LogP contribution in [0.4, 0.5) is 5.69 Å². The number of nitrogens with zero attached hydrogens (tertiary/aromatic N) is 3. The van der Waals surface area contributed by atoms with Crippen LogP contribution in [0, 0.1) is 11.8 Å². The zero-order chi connectivity index (χ0) is 25.9. The molecular weight excluding hydrogens is 458 g/mol. The van der Waals surface area contributed by atoms with E-state index in [1.807, 2.05) is 30.3 Å². The first kappa shape index (κ1) is 26.1. The molecule has 194 valence electrons. The molecule has 2 unspecified atom stereocenters. The molecule has 3 saturated heterocycles. The van der Waals surface area contributed by atoms with Crippen LogP contribution in [0.1, 0.15) is 32.6 Å². The molecule has 1 aromatic rings. The molecule has 3 amide bonds. The number of hydrogen-bond acceptors (Lipinski definition) is 5. The van der Waals surface area contributed by atoms with Gasteiger partial charge in [-0.1, -0.05) is 43.7 Å². The van der Waals surface area contributed by atoms with Crippen LogP contribution in [0.2, 0.25) is 0 Å². The second-order valence-corrected chi connectivity index (χ2v) is 9.81. The lowest BCUT2D eigenvalue weighted by atomic mass is 9.70. The zero-order valence-corrected chi connectivity index (χ0v) is 21.1. The predicted octanol–water partition coefficient (Wildman–Crippen LogP) is 2.39. The fourth-order valence-corrected chi connectivity index (χ4v) is 6.27. The predicted molar refractivity (Wildman–Crippen MR) is 137 cm³/mol. The highest BCUT2D eigenvalue weighted by Crippen LogP contribution is 2.59. The summed E-state index contributed by atoms with van der Waals surface area (Å²) in [5.41, 5.74) is -0.350. The largest absolute Gasteiger partial charge is 0.395 e. The van der Waals surface area contributed by atoms with Gasteiger partial charge in [0.1, 0.15) is 11.6 Å². The van der Waals surface area contributed by atoms with Gasteiger partial charge in [-0.15, -0.1) is 13.2 Å². The van der Waals surface area contributed by atoms with Crippen molar-refractivity contribution in [3.63, 3.8) is 0 Å². The topological polar surface area (TPSA) is 90.4 Å². The highest BCUT2D eigenvalue weighted by Gasteiger charge is 2.74. The Morgan fingerprint density at radius 3 is 2.56 bits per heavy atom. The lowest BCUT2D eigenvalue weighted by Gasteiger charge is -2.36. The van der Waals surface area contributed by atoms with Crippen molar-refractivity contribution in [2.75, 3.05) is 37.7 Å². The molecule has 1 aromatic carbocycles. The number of rotatable bonds is 12. The van der Waals surface area contributed by atoms with Crippen LogP contribution < -0.4 is 4.90 Å². The van der Waals surface area contributed by atoms with E-state index in [2.05, 4.69) is 20.1 Å². The van der Waals surface area contributed by atoms with Crippen LogP contribution in [0.5, 0.6) is 0 Å². The van der Waals surface area contributed by atoms with Crippen LogP contribution >= 0.6 is 0 Å². The normalized spacial score (nSPS) is 28.2. The Morgan fingerprint density at radius 1 is 1.19 bits per heavy atom. The van der Waals surface area contributed by atoms with Crippen molar-refractivity contribution in [1.82, 2.24) is 9.80 Å². The summed E-state index contributed by atoms with van der Waals surface area (Å²) in [4.78, 5) is 46.6. The van der Waals surface area contributed by atoms with Gasteiger partial charge in [0.15, 0.2) is 0 Å². The van der Waals surface area contributed by atoms with Crippen molar-refractivity contribution in [3.8, 4) is 0 Å². The van der Waals surface area contributed by atoms with Crippen LogP contribution in [0.25, 0.3) is 0 Å². The first-order chi connectivity index (χ1) is 17.4. The van der Waals surface area contributed by atoms with Gasteiger partial charge in [-0.25, -0.2) is 0 Å². The molecule has 1 spiro atoms. The summed E-state index contributed by atoms with van der Waals surface area (Å²) < 4.78 is 6.50. The van der Waals surface area contributed by atoms with Crippen molar-refractivity contribution < 1.29 is 24.2 Å². The molecular formula is C28H37N3O5. The third-order valence-electron chi connectivity index (χ3n) is 7.75. The van der Waals surface area contributed by atoms with Crippen molar-refractivity contribution >= 4 is 23.4 Å². The summed E-state index contributed by atoms with van der Waals surface area (Å²) in [6, 6.07) is 8.44. The van der Waals surface area contributed by atoms with Gasteiger partial charge < -0.3 is 24.5 Å². The van der Waals surface area contributed by atoms with Gasteiger partial charge in [0.05, 0.1) is 24.5 Å². The van der Waals surface area contributed by atoms with Crippen molar-refractivity contribution in [1.29, 1.82) is 0 Å². The van der Waals surface area contributed by atoms with Crippen LogP contribution in [-0.2, 0) is 19.1 Å².